The van der Waals surface area contributed by atoms with Gasteiger partial charge in [-0.1, -0.05) is 41.4 Å². The molecule has 29 heavy (non-hydrogen) atoms. The summed E-state index contributed by atoms with van der Waals surface area (Å²) < 4.78 is 24.7. The van der Waals surface area contributed by atoms with Crippen molar-refractivity contribution in [3.8, 4) is 11.5 Å². The molecule has 0 unspecified atom stereocenters. The van der Waals surface area contributed by atoms with Gasteiger partial charge >= 0.3 is 0 Å². The Morgan fingerprint density at radius 2 is 1.69 bits per heavy atom. The van der Waals surface area contributed by atoms with E-state index >= 15 is 0 Å². The van der Waals surface area contributed by atoms with E-state index in [4.69, 9.17) is 32.7 Å². The summed E-state index contributed by atoms with van der Waals surface area (Å²) in [5.41, 5.74) is 3.85. The zero-order chi connectivity index (χ0) is 20.8. The number of nitrogens with one attached hydrogen (secondary N) is 1. The number of ether oxygens (including phenoxy) is 2. The second kappa shape index (κ2) is 9.86. The lowest BCUT2D eigenvalue weighted by Crippen LogP contribution is -2.04. The standard InChI is InChI=1S/C23H22Cl2FNO2/c1-3-28-22-11-17(13-27-21-12-18(24)7-4-15(21)2)10-20(25)23(22)29-14-16-5-8-19(26)9-6-16/h4-12,27H,3,13-14H2,1-2H3. The number of rotatable bonds is 8. The molecule has 3 aromatic rings. The number of hydrogen-bond donors (Lipinski definition) is 1. The van der Waals surface area contributed by atoms with Gasteiger partial charge in [0.1, 0.15) is 12.4 Å². The van der Waals surface area contributed by atoms with E-state index in [0.717, 1.165) is 22.4 Å². The number of benzene rings is 3. The van der Waals surface area contributed by atoms with Gasteiger partial charge in [0.05, 0.1) is 11.6 Å². The maximum Gasteiger partial charge on any atom is 0.180 e. The molecule has 0 aliphatic rings. The fourth-order valence-electron chi connectivity index (χ4n) is 2.84. The monoisotopic (exact) mass is 433 g/mol. The first-order chi connectivity index (χ1) is 14.0. The highest BCUT2D eigenvalue weighted by Gasteiger charge is 2.13. The summed E-state index contributed by atoms with van der Waals surface area (Å²) in [6.07, 6.45) is 0. The van der Waals surface area contributed by atoms with E-state index in [0.29, 0.717) is 34.7 Å². The predicted octanol–water partition coefficient (Wildman–Crippen LogP) is 7.03. The SMILES string of the molecule is CCOc1cc(CNc2cc(Cl)ccc2C)cc(Cl)c1OCc1ccc(F)cc1. The summed E-state index contributed by atoms with van der Waals surface area (Å²) in [6.45, 7) is 5.22. The molecule has 0 saturated heterocycles. The summed E-state index contributed by atoms with van der Waals surface area (Å²) in [7, 11) is 0. The van der Waals surface area contributed by atoms with Gasteiger partial charge in [-0.15, -0.1) is 0 Å². The normalized spacial score (nSPS) is 10.7. The minimum absolute atomic E-state index is 0.263. The van der Waals surface area contributed by atoms with E-state index in [1.807, 2.05) is 44.2 Å². The van der Waals surface area contributed by atoms with Gasteiger partial charge in [0.15, 0.2) is 11.5 Å². The summed E-state index contributed by atoms with van der Waals surface area (Å²) in [5, 5.41) is 4.51. The Bertz CT molecular complexity index is 977. The van der Waals surface area contributed by atoms with Crippen LogP contribution in [0.25, 0.3) is 0 Å². The zero-order valence-electron chi connectivity index (χ0n) is 16.3. The molecule has 0 saturated carbocycles. The molecule has 3 rings (SSSR count). The molecule has 3 aromatic carbocycles. The fraction of sp³-hybridized carbons (Fsp3) is 0.217. The third-order valence-electron chi connectivity index (χ3n) is 4.35. The van der Waals surface area contributed by atoms with Crippen LogP contribution < -0.4 is 14.8 Å². The lowest BCUT2D eigenvalue weighted by molar-refractivity contribution is 0.269. The van der Waals surface area contributed by atoms with Crippen molar-refractivity contribution in [1.29, 1.82) is 0 Å². The smallest absolute Gasteiger partial charge is 0.180 e. The van der Waals surface area contributed by atoms with Gasteiger partial charge in [-0.25, -0.2) is 4.39 Å². The maximum atomic E-state index is 13.1. The first-order valence-corrected chi connectivity index (χ1v) is 10.0. The summed E-state index contributed by atoms with van der Waals surface area (Å²) >= 11 is 12.6. The van der Waals surface area contributed by atoms with Crippen molar-refractivity contribution in [1.82, 2.24) is 0 Å². The molecule has 0 aliphatic heterocycles. The topological polar surface area (TPSA) is 30.5 Å². The molecule has 6 heteroatoms. The first kappa shape index (κ1) is 21.3. The van der Waals surface area contributed by atoms with Crippen LogP contribution >= 0.6 is 23.2 Å². The van der Waals surface area contributed by atoms with Gasteiger partial charge in [-0.3, -0.25) is 0 Å². The number of hydrogen-bond acceptors (Lipinski definition) is 3. The van der Waals surface area contributed by atoms with E-state index in [-0.39, 0.29) is 12.4 Å². The molecule has 3 nitrogen and oxygen atoms in total. The van der Waals surface area contributed by atoms with Crippen molar-refractivity contribution in [2.75, 3.05) is 11.9 Å². The summed E-state index contributed by atoms with van der Waals surface area (Å²) in [5.74, 6) is 0.760. The molecule has 0 bridgehead atoms. The minimum Gasteiger partial charge on any atom is -0.490 e. The fourth-order valence-corrected chi connectivity index (χ4v) is 3.30. The summed E-state index contributed by atoms with van der Waals surface area (Å²) in [4.78, 5) is 0. The van der Waals surface area contributed by atoms with E-state index < -0.39 is 0 Å². The van der Waals surface area contributed by atoms with Crippen molar-refractivity contribution in [2.24, 2.45) is 0 Å². The Labute approximate surface area is 180 Å². The van der Waals surface area contributed by atoms with Gasteiger partial charge in [0.2, 0.25) is 0 Å². The molecule has 0 fully saturated rings. The van der Waals surface area contributed by atoms with Gasteiger partial charge in [0, 0.05) is 17.3 Å². The van der Waals surface area contributed by atoms with Crippen LogP contribution in [0, 0.1) is 12.7 Å². The molecule has 0 atom stereocenters. The second-order valence-electron chi connectivity index (χ2n) is 6.57. The van der Waals surface area contributed by atoms with Crippen LogP contribution in [0.15, 0.2) is 54.6 Å². The molecule has 0 aliphatic carbocycles. The Kier molecular flexibility index (Phi) is 7.24. The predicted molar refractivity (Wildman–Crippen MR) is 117 cm³/mol. The second-order valence-corrected chi connectivity index (χ2v) is 7.41. The Hall–Kier alpha value is -2.43. The van der Waals surface area contributed by atoms with Crippen molar-refractivity contribution >= 4 is 28.9 Å². The highest BCUT2D eigenvalue weighted by molar-refractivity contribution is 6.32. The van der Waals surface area contributed by atoms with Crippen LogP contribution in [0.4, 0.5) is 10.1 Å². The molecule has 152 valence electrons. The third kappa shape index (κ3) is 5.78. The molecule has 0 radical (unpaired) electrons. The van der Waals surface area contributed by atoms with E-state index in [1.165, 1.54) is 12.1 Å². The van der Waals surface area contributed by atoms with Crippen LogP contribution in [0.3, 0.4) is 0 Å². The van der Waals surface area contributed by atoms with Crippen LogP contribution in [0.1, 0.15) is 23.6 Å². The molecule has 1 N–H and O–H groups in total. The summed E-state index contributed by atoms with van der Waals surface area (Å²) in [6, 6.07) is 15.6. The van der Waals surface area contributed by atoms with E-state index in [9.17, 15) is 4.39 Å². The van der Waals surface area contributed by atoms with Crippen LogP contribution in [-0.2, 0) is 13.2 Å². The molecule has 0 heterocycles. The Morgan fingerprint density at radius 1 is 0.931 bits per heavy atom. The lowest BCUT2D eigenvalue weighted by Gasteiger charge is -2.16. The molecule has 0 aromatic heterocycles. The molecular weight excluding hydrogens is 412 g/mol. The Morgan fingerprint density at radius 3 is 2.41 bits per heavy atom. The lowest BCUT2D eigenvalue weighted by atomic mass is 10.1. The number of anilines is 1. The van der Waals surface area contributed by atoms with E-state index in [1.54, 1.807) is 12.1 Å². The van der Waals surface area contributed by atoms with Gasteiger partial charge in [0.25, 0.3) is 0 Å². The average Bonchev–Trinajstić information content (AvgIpc) is 2.69. The van der Waals surface area contributed by atoms with Gasteiger partial charge in [-0.2, -0.15) is 0 Å². The highest BCUT2D eigenvalue weighted by Crippen LogP contribution is 2.37. The maximum absolute atomic E-state index is 13.1. The van der Waals surface area contributed by atoms with Crippen LogP contribution in [-0.4, -0.2) is 6.61 Å². The molecule has 0 amide bonds. The quantitative estimate of drug-likeness (QED) is 0.413. The number of halogens is 3. The highest BCUT2D eigenvalue weighted by atomic mass is 35.5. The Balaban J connectivity index is 1.76. The zero-order valence-corrected chi connectivity index (χ0v) is 17.8. The van der Waals surface area contributed by atoms with Gasteiger partial charge in [-0.05, 0) is 66.9 Å². The number of aryl methyl sites for hydroxylation is 1. The van der Waals surface area contributed by atoms with Crippen molar-refractivity contribution in [2.45, 2.75) is 27.0 Å². The third-order valence-corrected chi connectivity index (χ3v) is 4.86. The van der Waals surface area contributed by atoms with Crippen molar-refractivity contribution < 1.29 is 13.9 Å². The van der Waals surface area contributed by atoms with Crippen LogP contribution in [0.2, 0.25) is 10.0 Å². The largest absolute Gasteiger partial charge is 0.490 e. The van der Waals surface area contributed by atoms with E-state index in [2.05, 4.69) is 5.32 Å². The minimum atomic E-state index is -0.284. The van der Waals surface area contributed by atoms with Crippen molar-refractivity contribution in [3.05, 3.63) is 87.2 Å². The van der Waals surface area contributed by atoms with Crippen molar-refractivity contribution in [3.63, 3.8) is 0 Å². The van der Waals surface area contributed by atoms with Gasteiger partial charge < -0.3 is 14.8 Å². The molecule has 0 spiro atoms. The molecular formula is C23H22Cl2FNO2. The first-order valence-electron chi connectivity index (χ1n) is 9.28. The average molecular weight is 434 g/mol. The van der Waals surface area contributed by atoms with Crippen LogP contribution in [0.5, 0.6) is 11.5 Å².